The second-order valence-corrected chi connectivity index (χ2v) is 18.3. The largest absolute Gasteiger partial charge is 0.341 e. The number of aromatic nitrogens is 1. The Hall–Kier alpha value is -6.44. The van der Waals surface area contributed by atoms with Gasteiger partial charge in [0.2, 0.25) is 0 Å². The quantitative estimate of drug-likeness (QED) is 0.148. The van der Waals surface area contributed by atoms with Crippen LogP contribution in [0.2, 0.25) is 0 Å². The number of allylic oxidation sites excluding steroid dienone is 1. The molecule has 10 rings (SSSR count). The van der Waals surface area contributed by atoms with E-state index in [9.17, 15) is 0 Å². The van der Waals surface area contributed by atoms with Crippen molar-refractivity contribution in [3.63, 3.8) is 0 Å². The third-order valence-electron chi connectivity index (χ3n) is 13.3. The first-order valence-electron chi connectivity index (χ1n) is 21.8. The van der Waals surface area contributed by atoms with E-state index in [0.717, 1.165) is 6.54 Å². The summed E-state index contributed by atoms with van der Waals surface area (Å²) in [5.41, 5.74) is 19.5. The minimum atomic E-state index is 0.209. The fraction of sp³-hybridized carbons (Fsp3) is 0.186. The predicted molar refractivity (Wildman–Crippen MR) is 260 cm³/mol. The molecule has 60 heavy (non-hydrogen) atoms. The molecule has 1 aliphatic rings. The maximum Gasteiger partial charge on any atom is 0.0488 e. The summed E-state index contributed by atoms with van der Waals surface area (Å²) in [6, 6.07) is 59.2. The van der Waals surface area contributed by atoms with Gasteiger partial charge in [-0.2, -0.15) is 0 Å². The highest BCUT2D eigenvalue weighted by molar-refractivity contribution is 6.21. The molecule has 0 radical (unpaired) electrons. The van der Waals surface area contributed by atoms with Gasteiger partial charge in [0.05, 0.1) is 0 Å². The van der Waals surface area contributed by atoms with Crippen LogP contribution in [0.25, 0.3) is 94.2 Å². The van der Waals surface area contributed by atoms with Crippen LogP contribution >= 0.6 is 0 Å². The van der Waals surface area contributed by atoms with Gasteiger partial charge in [-0.3, -0.25) is 0 Å². The molecule has 0 aliphatic heterocycles. The fourth-order valence-corrected chi connectivity index (χ4v) is 10.4. The Balaban J connectivity index is 1.01. The summed E-state index contributed by atoms with van der Waals surface area (Å²) in [5, 5.41) is 6.54. The first kappa shape index (κ1) is 37.8. The molecule has 294 valence electrons. The third-order valence-corrected chi connectivity index (χ3v) is 13.3. The number of benzene rings is 8. The first-order chi connectivity index (χ1) is 29.1. The van der Waals surface area contributed by atoms with Crippen molar-refractivity contribution in [3.8, 4) is 55.6 Å². The maximum absolute atomic E-state index is 2.50. The monoisotopic (exact) mass is 775 g/mol. The first-order valence-corrected chi connectivity index (χ1v) is 21.8. The molecule has 2 unspecified atom stereocenters. The molecule has 0 spiro atoms. The summed E-state index contributed by atoms with van der Waals surface area (Å²) < 4.78 is 2.50. The molecule has 1 aromatic heterocycles. The van der Waals surface area contributed by atoms with Crippen molar-refractivity contribution < 1.29 is 0 Å². The number of fused-ring (bicyclic) bond motifs is 5. The second-order valence-electron chi connectivity index (χ2n) is 18.3. The molecular weight excluding hydrogens is 723 g/mol. The van der Waals surface area contributed by atoms with Crippen molar-refractivity contribution in [1.29, 1.82) is 0 Å². The van der Waals surface area contributed by atoms with E-state index < -0.39 is 0 Å². The summed E-state index contributed by atoms with van der Waals surface area (Å²) in [6.45, 7) is 17.2. The lowest BCUT2D eigenvalue weighted by Crippen LogP contribution is -2.26. The SMILES string of the molecule is CCn1c2c(c3cc(-c4ccc(-c5ccc(-c6c7ccc(C)cc7c(-c7ccc(-c8ccccc8)cc7)c7ccc(C)cc67)cc5)cc4)ccc31)C(C)C(C(C)(C)C)C=C2. The fourth-order valence-electron chi connectivity index (χ4n) is 10.4. The zero-order valence-corrected chi connectivity index (χ0v) is 36.0. The topological polar surface area (TPSA) is 4.93 Å². The van der Waals surface area contributed by atoms with Gasteiger partial charge in [-0.25, -0.2) is 0 Å². The zero-order valence-electron chi connectivity index (χ0n) is 36.0. The molecule has 9 aromatic rings. The Morgan fingerprint density at radius 3 is 1.40 bits per heavy atom. The molecule has 0 bridgehead atoms. The van der Waals surface area contributed by atoms with Gasteiger partial charge in [0.15, 0.2) is 0 Å². The van der Waals surface area contributed by atoms with Crippen molar-refractivity contribution >= 4 is 38.5 Å². The van der Waals surface area contributed by atoms with E-state index in [0.29, 0.717) is 11.8 Å². The molecule has 0 amide bonds. The molecule has 0 saturated heterocycles. The lowest BCUT2D eigenvalue weighted by atomic mass is 9.69. The summed E-state index contributed by atoms with van der Waals surface area (Å²) in [7, 11) is 0. The van der Waals surface area contributed by atoms with E-state index in [1.165, 1.54) is 110 Å². The average molecular weight is 776 g/mol. The van der Waals surface area contributed by atoms with Crippen LogP contribution < -0.4 is 0 Å². The molecular formula is C59H53N. The molecule has 0 fully saturated rings. The predicted octanol–water partition coefficient (Wildman–Crippen LogP) is 16.7. The Kier molecular flexibility index (Phi) is 9.25. The highest BCUT2D eigenvalue weighted by atomic mass is 15.0. The van der Waals surface area contributed by atoms with Crippen molar-refractivity contribution in [2.75, 3.05) is 0 Å². The Morgan fingerprint density at radius 2 is 0.917 bits per heavy atom. The van der Waals surface area contributed by atoms with E-state index in [-0.39, 0.29) is 5.41 Å². The standard InChI is InChI=1S/C59H53N/c1-8-60-54-32-28-47(36-52(54)56-39(4)53(59(5,6)7)31-33-55(56)60)44-18-16-42(17-19-44)43-22-26-46(27-23-43)58-49-30-15-37(2)34-50(49)57(48-29-14-38(3)35-51(48)58)45-24-20-41(21-25-45)40-12-10-9-11-13-40/h9-36,39,53H,8H2,1-7H3. The summed E-state index contributed by atoms with van der Waals surface area (Å²) in [4.78, 5) is 0. The van der Waals surface area contributed by atoms with Gasteiger partial charge in [-0.05, 0) is 139 Å². The Bertz CT molecular complexity index is 3100. The number of nitrogens with zero attached hydrogens (tertiary/aromatic N) is 1. The van der Waals surface area contributed by atoms with Crippen LogP contribution in [0, 0.1) is 25.2 Å². The van der Waals surface area contributed by atoms with Crippen molar-refractivity contribution in [2.24, 2.45) is 11.3 Å². The van der Waals surface area contributed by atoms with Gasteiger partial charge in [0.25, 0.3) is 0 Å². The van der Waals surface area contributed by atoms with Crippen LogP contribution in [-0.2, 0) is 6.54 Å². The maximum atomic E-state index is 2.50. The van der Waals surface area contributed by atoms with Gasteiger partial charge in [0.1, 0.15) is 0 Å². The van der Waals surface area contributed by atoms with Crippen molar-refractivity contribution in [1.82, 2.24) is 4.57 Å². The molecule has 0 saturated carbocycles. The van der Waals surface area contributed by atoms with Crippen LogP contribution in [0.4, 0.5) is 0 Å². The van der Waals surface area contributed by atoms with Crippen LogP contribution in [0.15, 0.2) is 164 Å². The van der Waals surface area contributed by atoms with Crippen LogP contribution in [0.1, 0.15) is 62.9 Å². The summed E-state index contributed by atoms with van der Waals surface area (Å²) in [5.74, 6) is 0.962. The smallest absolute Gasteiger partial charge is 0.0488 e. The average Bonchev–Trinajstić information content (AvgIpc) is 3.59. The summed E-state index contributed by atoms with van der Waals surface area (Å²) in [6.07, 6.45) is 4.85. The highest BCUT2D eigenvalue weighted by Gasteiger charge is 2.34. The number of hydrogen-bond acceptors (Lipinski definition) is 0. The zero-order chi connectivity index (χ0) is 41.3. The molecule has 1 heteroatoms. The van der Waals surface area contributed by atoms with Crippen molar-refractivity contribution in [3.05, 3.63) is 186 Å². The van der Waals surface area contributed by atoms with Crippen LogP contribution in [0.5, 0.6) is 0 Å². The minimum Gasteiger partial charge on any atom is -0.341 e. The molecule has 0 N–H and O–H groups in total. The number of hydrogen-bond donors (Lipinski definition) is 0. The number of aryl methyl sites for hydroxylation is 3. The van der Waals surface area contributed by atoms with Gasteiger partial charge >= 0.3 is 0 Å². The molecule has 1 nitrogen and oxygen atoms in total. The van der Waals surface area contributed by atoms with E-state index in [2.05, 4.69) is 223 Å². The molecule has 1 heterocycles. The lowest BCUT2D eigenvalue weighted by molar-refractivity contribution is 0.259. The van der Waals surface area contributed by atoms with Gasteiger partial charge < -0.3 is 4.57 Å². The van der Waals surface area contributed by atoms with E-state index in [1.54, 1.807) is 0 Å². The Labute approximate surface area is 355 Å². The van der Waals surface area contributed by atoms with E-state index in [1.807, 2.05) is 0 Å². The molecule has 1 aliphatic carbocycles. The normalized spacial score (nSPS) is 15.2. The van der Waals surface area contributed by atoms with Crippen molar-refractivity contribution in [2.45, 2.75) is 60.9 Å². The second kappa shape index (κ2) is 14.7. The van der Waals surface area contributed by atoms with Crippen LogP contribution in [-0.4, -0.2) is 4.57 Å². The van der Waals surface area contributed by atoms with Gasteiger partial charge in [-0.1, -0.05) is 190 Å². The van der Waals surface area contributed by atoms with Crippen LogP contribution in [0.3, 0.4) is 0 Å². The summed E-state index contributed by atoms with van der Waals surface area (Å²) >= 11 is 0. The Morgan fingerprint density at radius 1 is 0.467 bits per heavy atom. The highest BCUT2D eigenvalue weighted by Crippen LogP contribution is 2.48. The minimum absolute atomic E-state index is 0.209. The molecule has 8 aromatic carbocycles. The van der Waals surface area contributed by atoms with E-state index in [4.69, 9.17) is 0 Å². The van der Waals surface area contributed by atoms with Gasteiger partial charge in [0, 0.05) is 23.1 Å². The lowest BCUT2D eigenvalue weighted by Gasteiger charge is -2.36. The molecule has 2 atom stereocenters. The third kappa shape index (κ3) is 6.40. The number of rotatable bonds is 6. The van der Waals surface area contributed by atoms with E-state index >= 15 is 0 Å². The van der Waals surface area contributed by atoms with Gasteiger partial charge in [-0.15, -0.1) is 0 Å².